The molecule has 1 saturated carbocycles. The first-order chi connectivity index (χ1) is 17.9. The number of likely N-dealkylation sites (tertiary alicyclic amines) is 1. The summed E-state index contributed by atoms with van der Waals surface area (Å²) in [5.41, 5.74) is -0.644. The highest BCUT2D eigenvalue weighted by Gasteiger charge is 2.55. The van der Waals surface area contributed by atoms with Gasteiger partial charge < -0.3 is 25.2 Å². The molecule has 3 N–H and O–H groups in total. The third-order valence-corrected chi connectivity index (χ3v) is 8.43. The number of aliphatic hydroxyl groups is 1. The lowest BCUT2D eigenvalue weighted by Crippen LogP contribution is -2.75. The fourth-order valence-corrected chi connectivity index (χ4v) is 6.09. The predicted octanol–water partition coefficient (Wildman–Crippen LogP) is 3.09. The Kier molecular flexibility index (Phi) is 10.8. The summed E-state index contributed by atoms with van der Waals surface area (Å²) < 4.78 is 5.78. The second kappa shape index (κ2) is 13.6. The smallest absolute Gasteiger partial charge is 0.335 e. The van der Waals surface area contributed by atoms with Crippen LogP contribution in [-0.2, 0) is 9.59 Å². The minimum absolute atomic E-state index is 0. The molecule has 1 spiro atoms. The summed E-state index contributed by atoms with van der Waals surface area (Å²) in [5.74, 6) is -0.552. The minimum Gasteiger partial charge on any atom is -0.492 e. The van der Waals surface area contributed by atoms with Crippen LogP contribution in [0, 0.1) is 5.92 Å². The van der Waals surface area contributed by atoms with Crippen molar-refractivity contribution in [2.45, 2.75) is 82.4 Å². The van der Waals surface area contributed by atoms with Crippen LogP contribution in [0.2, 0.25) is 0 Å². The van der Waals surface area contributed by atoms with Crippen LogP contribution >= 0.6 is 12.4 Å². The number of nitrogens with one attached hydrogen (secondary N) is 1. The molecule has 2 heterocycles. The Balaban J connectivity index is 0.00000400. The van der Waals surface area contributed by atoms with Crippen LogP contribution in [0.25, 0.3) is 0 Å². The lowest BCUT2D eigenvalue weighted by atomic mass is 9.78. The van der Waals surface area contributed by atoms with Crippen LogP contribution in [0.15, 0.2) is 24.3 Å². The van der Waals surface area contributed by atoms with Crippen LogP contribution in [0.1, 0.15) is 75.1 Å². The van der Waals surface area contributed by atoms with Gasteiger partial charge in [0.05, 0.1) is 11.7 Å². The van der Waals surface area contributed by atoms with Gasteiger partial charge in [-0.05, 0) is 62.3 Å². The molecule has 2 atom stereocenters. The number of rotatable bonds is 10. The van der Waals surface area contributed by atoms with Gasteiger partial charge in [-0.25, -0.2) is 4.79 Å². The van der Waals surface area contributed by atoms with E-state index in [1.807, 2.05) is 0 Å². The van der Waals surface area contributed by atoms with Crippen molar-refractivity contribution in [2.24, 2.45) is 5.92 Å². The molecule has 1 aromatic rings. The summed E-state index contributed by atoms with van der Waals surface area (Å²) in [4.78, 5) is 42.3. The molecule has 10 heteroatoms. The monoisotopic (exact) mass is 551 g/mol. The first-order valence-corrected chi connectivity index (χ1v) is 13.8. The van der Waals surface area contributed by atoms with E-state index >= 15 is 0 Å². The summed E-state index contributed by atoms with van der Waals surface area (Å²) in [6.07, 6.45) is 7.11. The molecule has 4 rings (SSSR count). The highest BCUT2D eigenvalue weighted by atomic mass is 35.5. The number of hydrogen-bond acceptors (Lipinski definition) is 6. The number of carbonyl (C=O) groups excluding carboxylic acids is 2. The normalized spacial score (nSPS) is 23.0. The predicted molar refractivity (Wildman–Crippen MR) is 146 cm³/mol. The summed E-state index contributed by atoms with van der Waals surface area (Å²) >= 11 is 0. The van der Waals surface area contributed by atoms with Crippen molar-refractivity contribution in [3.05, 3.63) is 29.8 Å². The van der Waals surface area contributed by atoms with Gasteiger partial charge in [0.25, 0.3) is 0 Å². The molecule has 0 radical (unpaired) electrons. The molecule has 1 aliphatic carbocycles. The number of aromatic carboxylic acids is 1. The molecule has 0 aromatic heterocycles. The van der Waals surface area contributed by atoms with Gasteiger partial charge in [0, 0.05) is 26.2 Å². The van der Waals surface area contributed by atoms with Crippen LogP contribution in [0.3, 0.4) is 0 Å². The number of amides is 2. The third-order valence-electron chi connectivity index (χ3n) is 8.43. The van der Waals surface area contributed by atoms with E-state index in [1.165, 1.54) is 18.6 Å². The van der Waals surface area contributed by atoms with Crippen molar-refractivity contribution in [3.8, 4) is 5.75 Å². The number of carbonyl (C=O) groups is 3. The standard InChI is InChI=1S/C28H41N3O6.ClH/c1-2-3-15-31-25(33)23(24(32)20-7-5-4-6-8-20)29-27(36)28(31)13-16-30(17-14-28)18-19-37-22-11-9-21(10-12-22)26(34)35;/h9-12,20,23-24,32H,2-8,13-19H2,1H3,(H,29,36)(H,34,35);1H/t23-,24-;/m1./s1. The number of benzene rings is 1. The second-order valence-electron chi connectivity index (χ2n) is 10.7. The second-order valence-corrected chi connectivity index (χ2v) is 10.7. The van der Waals surface area contributed by atoms with Gasteiger partial charge in [0.1, 0.15) is 23.9 Å². The first kappa shape index (κ1) is 30.2. The van der Waals surface area contributed by atoms with E-state index in [2.05, 4.69) is 17.1 Å². The fraction of sp³-hybridized carbons (Fsp3) is 0.679. The van der Waals surface area contributed by atoms with Crippen LogP contribution in [0.5, 0.6) is 5.75 Å². The Morgan fingerprint density at radius 3 is 2.37 bits per heavy atom. The molecule has 3 aliphatic rings. The van der Waals surface area contributed by atoms with Crippen molar-refractivity contribution >= 4 is 30.2 Å². The number of unbranched alkanes of at least 4 members (excludes halogenated alkanes) is 1. The van der Waals surface area contributed by atoms with Crippen molar-refractivity contribution in [2.75, 3.05) is 32.8 Å². The summed E-state index contributed by atoms with van der Waals surface area (Å²) in [5, 5.41) is 23.1. The zero-order chi connectivity index (χ0) is 26.4. The lowest BCUT2D eigenvalue weighted by molar-refractivity contribution is -0.166. The highest BCUT2D eigenvalue weighted by molar-refractivity contribution is 6.00. The van der Waals surface area contributed by atoms with Crippen LogP contribution < -0.4 is 10.1 Å². The highest BCUT2D eigenvalue weighted by Crippen LogP contribution is 2.36. The number of nitrogens with zero attached hydrogens (tertiary/aromatic N) is 2. The number of halogens is 1. The first-order valence-electron chi connectivity index (χ1n) is 13.8. The molecule has 2 aliphatic heterocycles. The van der Waals surface area contributed by atoms with E-state index in [-0.39, 0.29) is 35.7 Å². The zero-order valence-electron chi connectivity index (χ0n) is 22.3. The van der Waals surface area contributed by atoms with E-state index in [9.17, 15) is 19.5 Å². The van der Waals surface area contributed by atoms with Gasteiger partial charge in [-0.3, -0.25) is 14.5 Å². The minimum atomic E-state index is -0.971. The van der Waals surface area contributed by atoms with Gasteiger partial charge in [-0.2, -0.15) is 0 Å². The Morgan fingerprint density at radius 2 is 1.76 bits per heavy atom. The van der Waals surface area contributed by atoms with E-state index in [0.29, 0.717) is 51.4 Å². The van der Waals surface area contributed by atoms with Gasteiger partial charge in [0.2, 0.25) is 11.8 Å². The molecule has 2 amide bonds. The maximum atomic E-state index is 13.7. The van der Waals surface area contributed by atoms with Gasteiger partial charge >= 0.3 is 5.97 Å². The van der Waals surface area contributed by atoms with E-state index in [4.69, 9.17) is 9.84 Å². The molecule has 1 aromatic carbocycles. The number of hydrogen-bond donors (Lipinski definition) is 3. The molecule has 9 nitrogen and oxygen atoms in total. The topological polar surface area (TPSA) is 119 Å². The fourth-order valence-electron chi connectivity index (χ4n) is 6.09. The maximum Gasteiger partial charge on any atom is 0.335 e. The molecule has 0 bridgehead atoms. The largest absolute Gasteiger partial charge is 0.492 e. The SMILES string of the molecule is CCCCN1C(=O)[C@@H]([C@H](O)C2CCCCC2)NC(=O)C12CCN(CCOc1ccc(C(=O)O)cc1)CC2.Cl. The summed E-state index contributed by atoms with van der Waals surface area (Å²) in [6.45, 7) is 5.06. The summed E-state index contributed by atoms with van der Waals surface area (Å²) in [7, 11) is 0. The van der Waals surface area contributed by atoms with Crippen molar-refractivity contribution in [3.63, 3.8) is 0 Å². The van der Waals surface area contributed by atoms with Crippen molar-refractivity contribution in [1.29, 1.82) is 0 Å². The maximum absolute atomic E-state index is 13.7. The van der Waals surface area contributed by atoms with Crippen LogP contribution in [0.4, 0.5) is 0 Å². The quantitative estimate of drug-likeness (QED) is 0.409. The molecular weight excluding hydrogens is 510 g/mol. The molecule has 0 unspecified atom stereocenters. The Bertz CT molecular complexity index is 944. The molecule has 2 saturated heterocycles. The van der Waals surface area contributed by atoms with Crippen LogP contribution in [-0.4, -0.2) is 88.3 Å². The number of carboxylic acids is 1. The zero-order valence-corrected chi connectivity index (χ0v) is 23.1. The number of ether oxygens (including phenoxy) is 1. The Morgan fingerprint density at radius 1 is 1.11 bits per heavy atom. The van der Waals surface area contributed by atoms with Gasteiger partial charge in [-0.15, -0.1) is 12.4 Å². The molecule has 3 fully saturated rings. The molecule has 212 valence electrons. The Hall–Kier alpha value is -2.36. The number of piperidine rings is 1. The van der Waals surface area contributed by atoms with E-state index in [0.717, 1.165) is 38.5 Å². The molecule has 38 heavy (non-hydrogen) atoms. The third kappa shape index (κ3) is 6.61. The number of carboxylic acid groups (broad SMARTS) is 1. The lowest BCUT2D eigenvalue weighted by Gasteiger charge is -2.52. The Labute approximate surface area is 231 Å². The number of aliphatic hydroxyl groups excluding tert-OH is 1. The van der Waals surface area contributed by atoms with Gasteiger partial charge in [0.15, 0.2) is 0 Å². The average molecular weight is 552 g/mol. The van der Waals surface area contributed by atoms with Gasteiger partial charge in [-0.1, -0.05) is 32.6 Å². The average Bonchev–Trinajstić information content (AvgIpc) is 2.92. The van der Waals surface area contributed by atoms with Crippen molar-refractivity contribution < 1.29 is 29.3 Å². The summed E-state index contributed by atoms with van der Waals surface area (Å²) in [6, 6.07) is 5.48. The molecular formula is C28H42ClN3O6. The van der Waals surface area contributed by atoms with E-state index in [1.54, 1.807) is 17.0 Å². The van der Waals surface area contributed by atoms with Crippen molar-refractivity contribution in [1.82, 2.24) is 15.1 Å². The van der Waals surface area contributed by atoms with E-state index < -0.39 is 23.7 Å². The number of piperazine rings is 1.